The van der Waals surface area contributed by atoms with Crippen LogP contribution >= 0.6 is 0 Å². The number of rotatable bonds is 6. The van der Waals surface area contributed by atoms with Gasteiger partial charge in [-0.2, -0.15) is 0 Å². The van der Waals surface area contributed by atoms with Crippen molar-refractivity contribution in [3.05, 3.63) is 24.3 Å². The highest BCUT2D eigenvalue weighted by Crippen LogP contribution is 2.40. The molecule has 1 aliphatic rings. The fourth-order valence-electron chi connectivity index (χ4n) is 2.21. The van der Waals surface area contributed by atoms with Gasteiger partial charge in [0.15, 0.2) is 0 Å². The molecule has 19 heavy (non-hydrogen) atoms. The molecule has 1 unspecified atom stereocenters. The van der Waals surface area contributed by atoms with E-state index in [0.717, 1.165) is 5.69 Å². The summed E-state index contributed by atoms with van der Waals surface area (Å²) in [4.78, 5) is 0.265. The highest BCUT2D eigenvalue weighted by atomic mass is 32.2. The Bertz CT molecular complexity index is 538. The molecule has 1 aromatic rings. The molecule has 1 aromatic carbocycles. The molecule has 1 atom stereocenters. The number of sulfonamides is 1. The third-order valence-corrected chi connectivity index (χ3v) is 5.20. The van der Waals surface area contributed by atoms with Crippen LogP contribution in [0.5, 0.6) is 0 Å². The zero-order valence-electron chi connectivity index (χ0n) is 11.3. The number of hydrogen-bond acceptors (Lipinski definition) is 4. The Morgan fingerprint density at radius 1 is 1.32 bits per heavy atom. The average molecular weight is 283 g/mol. The van der Waals surface area contributed by atoms with E-state index in [-0.39, 0.29) is 10.4 Å². The fourth-order valence-corrected chi connectivity index (χ4v) is 2.94. The van der Waals surface area contributed by atoms with Gasteiger partial charge < -0.3 is 11.1 Å². The monoisotopic (exact) mass is 283 g/mol. The Kier molecular flexibility index (Phi) is 3.85. The van der Waals surface area contributed by atoms with E-state index in [4.69, 9.17) is 5.73 Å². The van der Waals surface area contributed by atoms with Gasteiger partial charge in [0, 0.05) is 17.8 Å². The van der Waals surface area contributed by atoms with Crippen LogP contribution in [0.15, 0.2) is 29.2 Å². The number of nitrogens with one attached hydrogen (secondary N) is 2. The minimum absolute atomic E-state index is 0.108. The van der Waals surface area contributed by atoms with E-state index in [2.05, 4.69) is 17.0 Å². The highest BCUT2D eigenvalue weighted by Gasteiger charge is 2.40. The van der Waals surface area contributed by atoms with Crippen molar-refractivity contribution in [2.24, 2.45) is 11.7 Å². The van der Waals surface area contributed by atoms with Gasteiger partial charge in [-0.05, 0) is 57.0 Å². The smallest absolute Gasteiger partial charge is 0.240 e. The summed E-state index contributed by atoms with van der Waals surface area (Å²) in [6.45, 7) is 2.68. The molecule has 4 N–H and O–H groups in total. The Balaban J connectivity index is 2.15. The lowest BCUT2D eigenvalue weighted by atomic mass is 9.95. The van der Waals surface area contributed by atoms with Crippen LogP contribution in [-0.2, 0) is 10.0 Å². The van der Waals surface area contributed by atoms with Crippen molar-refractivity contribution in [1.82, 2.24) is 4.72 Å². The predicted octanol–water partition coefficient (Wildman–Crippen LogP) is 1.13. The molecule has 106 valence electrons. The molecule has 1 saturated carbocycles. The van der Waals surface area contributed by atoms with E-state index in [1.54, 1.807) is 24.3 Å². The predicted molar refractivity (Wildman–Crippen MR) is 76.5 cm³/mol. The SMILES string of the molecule is CNS(=O)(=O)c1ccc(NC(C)(CN)C2CC2)cc1. The van der Waals surface area contributed by atoms with Crippen LogP contribution in [0.2, 0.25) is 0 Å². The zero-order chi connectivity index (χ0) is 14.1. The minimum atomic E-state index is -3.37. The number of nitrogens with two attached hydrogens (primary N) is 1. The van der Waals surface area contributed by atoms with Crippen LogP contribution in [0.4, 0.5) is 5.69 Å². The van der Waals surface area contributed by atoms with Gasteiger partial charge in [0.25, 0.3) is 0 Å². The van der Waals surface area contributed by atoms with Gasteiger partial charge in [-0.25, -0.2) is 13.1 Å². The van der Waals surface area contributed by atoms with E-state index < -0.39 is 10.0 Å². The van der Waals surface area contributed by atoms with Gasteiger partial charge in [-0.1, -0.05) is 0 Å². The highest BCUT2D eigenvalue weighted by molar-refractivity contribution is 7.89. The standard InChI is InChI=1S/C13H21N3O2S/c1-13(9-14,10-3-4-10)16-11-5-7-12(8-6-11)19(17,18)15-2/h5-8,10,15-16H,3-4,9,14H2,1-2H3. The molecule has 0 bridgehead atoms. The summed E-state index contributed by atoms with van der Waals surface area (Å²) >= 11 is 0. The first-order valence-corrected chi connectivity index (χ1v) is 7.91. The molecule has 1 aliphatic carbocycles. The molecule has 6 heteroatoms. The first-order valence-electron chi connectivity index (χ1n) is 6.43. The van der Waals surface area contributed by atoms with Crippen molar-refractivity contribution in [1.29, 1.82) is 0 Å². The lowest BCUT2D eigenvalue weighted by molar-refractivity contribution is 0.459. The summed E-state index contributed by atoms with van der Waals surface area (Å²) in [5, 5.41) is 3.42. The van der Waals surface area contributed by atoms with Crippen LogP contribution in [0.25, 0.3) is 0 Å². The Hall–Kier alpha value is -1.11. The van der Waals surface area contributed by atoms with E-state index >= 15 is 0 Å². The number of hydrogen-bond donors (Lipinski definition) is 3. The van der Waals surface area contributed by atoms with Gasteiger partial charge in [-0.15, -0.1) is 0 Å². The summed E-state index contributed by atoms with van der Waals surface area (Å²) < 4.78 is 25.5. The summed E-state index contributed by atoms with van der Waals surface area (Å²) in [7, 11) is -1.97. The maximum Gasteiger partial charge on any atom is 0.240 e. The normalized spacial score (nSPS) is 18.9. The van der Waals surface area contributed by atoms with Crippen molar-refractivity contribution in [2.75, 3.05) is 18.9 Å². The van der Waals surface area contributed by atoms with E-state index in [1.165, 1.54) is 19.9 Å². The molecule has 0 aromatic heterocycles. The molecule has 0 saturated heterocycles. The van der Waals surface area contributed by atoms with Gasteiger partial charge in [0.1, 0.15) is 0 Å². The Labute approximate surface area is 114 Å². The molecule has 0 heterocycles. The third-order valence-electron chi connectivity index (χ3n) is 3.77. The zero-order valence-corrected chi connectivity index (χ0v) is 12.1. The Morgan fingerprint density at radius 3 is 2.32 bits per heavy atom. The molecular weight excluding hydrogens is 262 g/mol. The first-order chi connectivity index (χ1) is 8.91. The lowest BCUT2D eigenvalue weighted by Gasteiger charge is -2.30. The molecule has 0 radical (unpaired) electrons. The van der Waals surface area contributed by atoms with Gasteiger partial charge in [0.05, 0.1) is 4.90 Å². The summed E-state index contributed by atoms with van der Waals surface area (Å²) in [6, 6.07) is 6.75. The number of benzene rings is 1. The molecule has 5 nitrogen and oxygen atoms in total. The maximum atomic E-state index is 11.6. The summed E-state index contributed by atoms with van der Waals surface area (Å²) in [6.07, 6.45) is 2.40. The van der Waals surface area contributed by atoms with Crippen LogP contribution in [-0.4, -0.2) is 27.5 Å². The number of anilines is 1. The van der Waals surface area contributed by atoms with E-state index in [0.29, 0.717) is 12.5 Å². The molecule has 0 amide bonds. The van der Waals surface area contributed by atoms with Crippen LogP contribution < -0.4 is 15.8 Å². The van der Waals surface area contributed by atoms with Gasteiger partial charge >= 0.3 is 0 Å². The van der Waals surface area contributed by atoms with Crippen molar-refractivity contribution in [3.8, 4) is 0 Å². The Morgan fingerprint density at radius 2 is 1.89 bits per heavy atom. The second-order valence-corrected chi connectivity index (χ2v) is 7.14. The molecule has 0 aliphatic heterocycles. The fraction of sp³-hybridized carbons (Fsp3) is 0.538. The van der Waals surface area contributed by atoms with Crippen LogP contribution in [0, 0.1) is 5.92 Å². The van der Waals surface area contributed by atoms with Crippen molar-refractivity contribution < 1.29 is 8.42 Å². The molecular formula is C13H21N3O2S. The van der Waals surface area contributed by atoms with Crippen molar-refractivity contribution in [2.45, 2.75) is 30.2 Å². The minimum Gasteiger partial charge on any atom is -0.378 e. The van der Waals surface area contributed by atoms with Crippen LogP contribution in [0.3, 0.4) is 0 Å². The average Bonchev–Trinajstić information content (AvgIpc) is 3.24. The van der Waals surface area contributed by atoms with Crippen molar-refractivity contribution >= 4 is 15.7 Å². The molecule has 2 rings (SSSR count). The lowest BCUT2D eigenvalue weighted by Crippen LogP contribution is -2.44. The molecule has 0 spiro atoms. The maximum absolute atomic E-state index is 11.6. The third kappa shape index (κ3) is 3.08. The van der Waals surface area contributed by atoms with E-state index in [9.17, 15) is 8.42 Å². The van der Waals surface area contributed by atoms with E-state index in [1.807, 2.05) is 0 Å². The quantitative estimate of drug-likeness (QED) is 0.731. The summed E-state index contributed by atoms with van der Waals surface area (Å²) in [5.41, 5.74) is 6.64. The largest absolute Gasteiger partial charge is 0.378 e. The van der Waals surface area contributed by atoms with Crippen LogP contribution in [0.1, 0.15) is 19.8 Å². The van der Waals surface area contributed by atoms with Gasteiger partial charge in [0.2, 0.25) is 10.0 Å². The molecule has 1 fully saturated rings. The second-order valence-electron chi connectivity index (χ2n) is 5.25. The summed E-state index contributed by atoms with van der Waals surface area (Å²) in [5.74, 6) is 0.609. The first kappa shape index (κ1) is 14.3. The topological polar surface area (TPSA) is 84.2 Å². The van der Waals surface area contributed by atoms with Gasteiger partial charge in [-0.3, -0.25) is 0 Å². The second kappa shape index (κ2) is 5.11. The van der Waals surface area contributed by atoms with Crippen molar-refractivity contribution in [3.63, 3.8) is 0 Å².